The highest BCUT2D eigenvalue weighted by molar-refractivity contribution is 5.99. The number of benzene rings is 6. The molecule has 6 aromatic rings. The molecule has 1 unspecified atom stereocenters. The van der Waals surface area contributed by atoms with E-state index in [0.29, 0.717) is 0 Å². The first kappa shape index (κ1) is 23.6. The molecule has 6 aromatic carbocycles. The van der Waals surface area contributed by atoms with Gasteiger partial charge in [0.25, 0.3) is 0 Å². The first-order valence-corrected chi connectivity index (χ1v) is 14.8. The van der Waals surface area contributed by atoms with Gasteiger partial charge in [0.1, 0.15) is 0 Å². The molecule has 0 saturated carbocycles. The highest BCUT2D eigenvalue weighted by Gasteiger charge is 2.54. The van der Waals surface area contributed by atoms with Crippen LogP contribution < -0.4 is 10.2 Å². The molecule has 0 radical (unpaired) electrons. The van der Waals surface area contributed by atoms with Gasteiger partial charge >= 0.3 is 0 Å². The van der Waals surface area contributed by atoms with Gasteiger partial charge in [-0.3, -0.25) is 0 Å². The molecule has 1 spiro atoms. The summed E-state index contributed by atoms with van der Waals surface area (Å²) in [5, 5.41) is 3.64. The third-order valence-electron chi connectivity index (χ3n) is 9.81. The van der Waals surface area contributed by atoms with Crippen molar-refractivity contribution in [2.75, 3.05) is 10.2 Å². The largest absolute Gasteiger partial charge is 0.356 e. The van der Waals surface area contributed by atoms with Crippen LogP contribution in [0.4, 0.5) is 28.4 Å². The quantitative estimate of drug-likeness (QED) is 0.236. The van der Waals surface area contributed by atoms with Gasteiger partial charge in [-0.25, -0.2) is 0 Å². The predicted molar refractivity (Wildman–Crippen MR) is 174 cm³/mol. The van der Waals surface area contributed by atoms with Gasteiger partial charge in [0, 0.05) is 16.8 Å². The molecule has 0 fully saturated rings. The fraction of sp³-hybridized carbons (Fsp3) is 0.100. The van der Waals surface area contributed by atoms with E-state index in [1.165, 1.54) is 61.6 Å². The Bertz CT molecular complexity index is 2050. The second kappa shape index (κ2) is 8.24. The summed E-state index contributed by atoms with van der Waals surface area (Å²) in [5.74, 6) is 0. The van der Waals surface area contributed by atoms with Crippen molar-refractivity contribution >= 4 is 28.4 Å². The second-order valence-electron chi connectivity index (χ2n) is 12.2. The Kier molecular flexibility index (Phi) is 4.63. The molecule has 2 nitrogen and oxygen atoms in total. The third kappa shape index (κ3) is 2.84. The Morgan fingerprint density at radius 2 is 1.05 bits per heavy atom. The molecular weight excluding hydrogens is 508 g/mol. The van der Waals surface area contributed by atoms with Crippen molar-refractivity contribution in [2.45, 2.75) is 24.7 Å². The van der Waals surface area contributed by atoms with E-state index in [4.69, 9.17) is 0 Å². The van der Waals surface area contributed by atoms with Crippen LogP contribution >= 0.6 is 0 Å². The summed E-state index contributed by atoms with van der Waals surface area (Å²) >= 11 is 0. The Labute approximate surface area is 246 Å². The Morgan fingerprint density at radius 1 is 0.452 bits per heavy atom. The highest BCUT2D eigenvalue weighted by Crippen LogP contribution is 2.66. The number of para-hydroxylation sites is 4. The zero-order valence-electron chi connectivity index (χ0n) is 23.7. The Morgan fingerprint density at radius 3 is 1.86 bits per heavy atom. The fourth-order valence-corrected chi connectivity index (χ4v) is 8.07. The van der Waals surface area contributed by atoms with E-state index in [2.05, 4.69) is 164 Å². The Hall–Kier alpha value is -5.08. The number of nitrogens with zero attached hydrogens (tertiary/aromatic N) is 1. The molecule has 1 atom stereocenters. The highest BCUT2D eigenvalue weighted by atomic mass is 15.2. The normalized spacial score (nSPS) is 18.0. The van der Waals surface area contributed by atoms with Crippen LogP contribution in [0.1, 0.15) is 47.2 Å². The number of nitrogens with one attached hydrogen (secondary N) is 1. The maximum atomic E-state index is 3.64. The summed E-state index contributed by atoms with van der Waals surface area (Å²) in [6.07, 6.45) is 0. The molecule has 2 aliphatic heterocycles. The van der Waals surface area contributed by atoms with Crippen LogP contribution in [0.25, 0.3) is 11.1 Å². The maximum Gasteiger partial charge on any atom is 0.0754 e. The van der Waals surface area contributed by atoms with Gasteiger partial charge in [0.15, 0.2) is 0 Å². The molecule has 0 amide bonds. The SMILES string of the molecule is CC1(C)c2ccccc2N2c3ccccc3C3(c4ccccc4-c4cc(Nc5ccccc5)ccc43)c3cccc1c32. The van der Waals surface area contributed by atoms with Gasteiger partial charge in [-0.1, -0.05) is 117 Å². The number of hydrogen-bond acceptors (Lipinski definition) is 2. The summed E-state index contributed by atoms with van der Waals surface area (Å²) in [5.41, 5.74) is 16.2. The van der Waals surface area contributed by atoms with Crippen molar-refractivity contribution in [2.24, 2.45) is 0 Å². The number of anilines is 5. The lowest BCUT2D eigenvalue weighted by molar-refractivity contribution is 0.621. The van der Waals surface area contributed by atoms with E-state index < -0.39 is 5.41 Å². The van der Waals surface area contributed by atoms with Crippen molar-refractivity contribution < 1.29 is 0 Å². The van der Waals surface area contributed by atoms with Crippen molar-refractivity contribution in [1.29, 1.82) is 0 Å². The van der Waals surface area contributed by atoms with E-state index in [9.17, 15) is 0 Å². The molecule has 1 aliphatic carbocycles. The first-order valence-electron chi connectivity index (χ1n) is 14.8. The minimum atomic E-state index is -0.419. The molecule has 2 heterocycles. The zero-order chi connectivity index (χ0) is 28.1. The minimum Gasteiger partial charge on any atom is -0.356 e. The van der Waals surface area contributed by atoms with Gasteiger partial charge in [0.05, 0.1) is 22.5 Å². The predicted octanol–water partition coefficient (Wildman–Crippen LogP) is 10.2. The molecule has 42 heavy (non-hydrogen) atoms. The summed E-state index contributed by atoms with van der Waals surface area (Å²) in [7, 11) is 0. The summed E-state index contributed by atoms with van der Waals surface area (Å²) in [4.78, 5) is 2.54. The lowest BCUT2D eigenvalue weighted by atomic mass is 9.61. The molecule has 0 aromatic heterocycles. The van der Waals surface area contributed by atoms with Gasteiger partial charge in [-0.15, -0.1) is 0 Å². The van der Waals surface area contributed by atoms with E-state index >= 15 is 0 Å². The number of rotatable bonds is 2. The van der Waals surface area contributed by atoms with Gasteiger partial charge in [0.2, 0.25) is 0 Å². The van der Waals surface area contributed by atoms with Crippen LogP contribution in [0.2, 0.25) is 0 Å². The van der Waals surface area contributed by atoms with Crippen molar-refractivity contribution in [3.63, 3.8) is 0 Å². The van der Waals surface area contributed by atoms with Gasteiger partial charge < -0.3 is 10.2 Å². The van der Waals surface area contributed by atoms with E-state index in [0.717, 1.165) is 11.4 Å². The topological polar surface area (TPSA) is 15.3 Å². The summed E-state index contributed by atoms with van der Waals surface area (Å²) in [6.45, 7) is 4.76. The first-order chi connectivity index (χ1) is 20.6. The molecule has 9 rings (SSSR count). The third-order valence-corrected chi connectivity index (χ3v) is 9.81. The summed E-state index contributed by atoms with van der Waals surface area (Å²) < 4.78 is 0. The monoisotopic (exact) mass is 538 g/mol. The average Bonchev–Trinajstić information content (AvgIpc) is 3.32. The van der Waals surface area contributed by atoms with Crippen molar-refractivity contribution in [3.05, 3.63) is 173 Å². The molecule has 200 valence electrons. The number of hydrogen-bond donors (Lipinski definition) is 1. The zero-order valence-corrected chi connectivity index (χ0v) is 23.7. The van der Waals surface area contributed by atoms with Crippen LogP contribution in [0.3, 0.4) is 0 Å². The van der Waals surface area contributed by atoms with Crippen LogP contribution in [0.15, 0.2) is 140 Å². The lowest BCUT2D eigenvalue weighted by Crippen LogP contribution is -2.40. The van der Waals surface area contributed by atoms with Crippen LogP contribution in [-0.4, -0.2) is 0 Å². The van der Waals surface area contributed by atoms with E-state index in [-0.39, 0.29) is 5.41 Å². The van der Waals surface area contributed by atoms with E-state index in [1.54, 1.807) is 0 Å². The van der Waals surface area contributed by atoms with Crippen LogP contribution in [0.5, 0.6) is 0 Å². The average molecular weight is 539 g/mol. The molecule has 1 N–H and O–H groups in total. The minimum absolute atomic E-state index is 0.129. The van der Waals surface area contributed by atoms with Crippen LogP contribution in [0, 0.1) is 0 Å². The lowest BCUT2D eigenvalue weighted by Gasteiger charge is -2.50. The Balaban J connectivity index is 1.38. The second-order valence-corrected chi connectivity index (χ2v) is 12.2. The van der Waals surface area contributed by atoms with Crippen LogP contribution in [-0.2, 0) is 10.8 Å². The molecule has 3 aliphatic rings. The van der Waals surface area contributed by atoms with Gasteiger partial charge in [-0.05, 0) is 80.9 Å². The molecule has 0 saturated heterocycles. The maximum absolute atomic E-state index is 3.64. The number of fused-ring (bicyclic) bond motifs is 11. The molecule has 2 heteroatoms. The summed E-state index contributed by atoms with van der Waals surface area (Å²) in [6, 6.07) is 51.5. The van der Waals surface area contributed by atoms with Gasteiger partial charge in [-0.2, -0.15) is 0 Å². The molecule has 0 bridgehead atoms. The van der Waals surface area contributed by atoms with Crippen molar-refractivity contribution in [3.8, 4) is 11.1 Å². The van der Waals surface area contributed by atoms with Crippen molar-refractivity contribution in [1.82, 2.24) is 0 Å². The standard InChI is InChI=1S/C40H30N2/c1-39(2)32-17-8-10-21-36(32)42-37-22-11-9-18-33(37)40(35-20-12-19-34(39)38(35)42)30-16-7-6-15-28(30)29-25-27(23-24-31(29)40)41-26-13-4-3-5-14-26/h3-25,41H,1-2H3. The molecular formula is C40H30N2. The van der Waals surface area contributed by atoms with E-state index in [1.807, 2.05) is 0 Å². The smallest absolute Gasteiger partial charge is 0.0754 e. The fourth-order valence-electron chi connectivity index (χ4n) is 8.07.